The highest BCUT2D eigenvalue weighted by Crippen LogP contribution is 2.67. The van der Waals surface area contributed by atoms with Crippen LogP contribution in [0.3, 0.4) is 0 Å². The van der Waals surface area contributed by atoms with Crippen LogP contribution in [0.15, 0.2) is 11.6 Å². The van der Waals surface area contributed by atoms with Gasteiger partial charge in [0.15, 0.2) is 25.2 Å². The van der Waals surface area contributed by atoms with Crippen LogP contribution in [0.5, 0.6) is 0 Å². The second kappa shape index (κ2) is 23.4. The summed E-state index contributed by atoms with van der Waals surface area (Å²) in [7, 11) is 0. The number of carbonyl (C=O) groups is 2. The first-order valence-corrected chi connectivity index (χ1v) is 26.6. The van der Waals surface area contributed by atoms with Crippen LogP contribution in [0.4, 0.5) is 0 Å². The van der Waals surface area contributed by atoms with Crippen molar-refractivity contribution >= 4 is 11.8 Å². The lowest BCUT2D eigenvalue weighted by molar-refractivity contribution is -0.388. The number of aliphatic hydroxyl groups is 12. The van der Waals surface area contributed by atoms with Gasteiger partial charge in [-0.3, -0.25) is 9.59 Å². The second-order valence-electron chi connectivity index (χ2n) is 23.1. The first kappa shape index (κ1) is 58.2. The van der Waals surface area contributed by atoms with Crippen molar-refractivity contribution in [1.82, 2.24) is 0 Å². The summed E-state index contributed by atoms with van der Waals surface area (Å²) >= 11 is 0. The maximum Gasteiger partial charge on any atom is 0.306 e. The molecule has 4 aliphatic carbocycles. The number of aliphatic hydroxyl groups excluding tert-OH is 12. The smallest absolute Gasteiger partial charge is 0.306 e. The Morgan fingerprint density at radius 1 is 0.676 bits per heavy atom. The zero-order valence-corrected chi connectivity index (χ0v) is 43.0. The molecule has 0 aromatic carbocycles. The van der Waals surface area contributed by atoms with Crippen molar-refractivity contribution in [3.63, 3.8) is 0 Å². The molecule has 23 heteroatoms. The number of ketones is 1. The Morgan fingerprint density at radius 3 is 1.86 bits per heavy atom. The molecule has 0 radical (unpaired) electrons. The minimum absolute atomic E-state index is 0.0249. The molecule has 0 spiro atoms. The zero-order chi connectivity index (χ0) is 53.9. The van der Waals surface area contributed by atoms with Gasteiger partial charge in [-0.2, -0.15) is 0 Å². The van der Waals surface area contributed by atoms with Crippen LogP contribution in [-0.2, 0) is 52.2 Å². The van der Waals surface area contributed by atoms with E-state index in [1.165, 1.54) is 19.4 Å². The Labute approximate surface area is 430 Å². The van der Waals surface area contributed by atoms with Gasteiger partial charge in [0.1, 0.15) is 97.3 Å². The molecule has 4 aliphatic heterocycles. The maximum absolute atomic E-state index is 13.5. The highest BCUT2D eigenvalue weighted by Gasteiger charge is 2.64. The Morgan fingerprint density at radius 2 is 1.26 bits per heavy atom. The normalized spacial score (nSPS) is 51.0. The van der Waals surface area contributed by atoms with Crippen molar-refractivity contribution in [2.24, 2.45) is 40.4 Å². The zero-order valence-electron chi connectivity index (χ0n) is 43.0. The van der Waals surface area contributed by atoms with Gasteiger partial charge < -0.3 is 104 Å². The minimum atomic E-state index is -1.77. The van der Waals surface area contributed by atoms with Crippen molar-refractivity contribution in [3.05, 3.63) is 11.6 Å². The fourth-order valence-corrected chi connectivity index (χ4v) is 13.9. The van der Waals surface area contributed by atoms with Gasteiger partial charge >= 0.3 is 5.97 Å². The predicted octanol–water partition coefficient (Wildman–Crippen LogP) is -2.20. The number of allylic oxidation sites excluding steroid dienone is 1. The Kier molecular flexibility index (Phi) is 18.4. The van der Waals surface area contributed by atoms with E-state index in [0.29, 0.717) is 32.1 Å². The maximum atomic E-state index is 13.5. The highest BCUT2D eigenvalue weighted by molar-refractivity contribution is 5.81. The van der Waals surface area contributed by atoms with Gasteiger partial charge in [-0.05, 0) is 107 Å². The quantitative estimate of drug-likeness (QED) is 0.0576. The summed E-state index contributed by atoms with van der Waals surface area (Å²) in [5.41, 5.74) is 0.515. The van der Waals surface area contributed by atoms with Crippen LogP contribution in [-0.4, -0.2) is 228 Å². The van der Waals surface area contributed by atoms with E-state index in [0.717, 1.165) is 19.3 Å². The molecule has 74 heavy (non-hydrogen) atoms. The molecule has 4 saturated heterocycles. The lowest BCUT2D eigenvalue weighted by atomic mass is 9.47. The van der Waals surface area contributed by atoms with Crippen molar-refractivity contribution in [1.29, 1.82) is 0 Å². The van der Waals surface area contributed by atoms with Crippen LogP contribution < -0.4 is 0 Å². The summed E-state index contributed by atoms with van der Waals surface area (Å²) in [6.07, 6.45) is -23.3. The first-order chi connectivity index (χ1) is 34.9. The van der Waals surface area contributed by atoms with Crippen LogP contribution in [0.1, 0.15) is 99.3 Å². The largest absolute Gasteiger partial charge is 0.462 e. The molecule has 8 rings (SSSR count). The summed E-state index contributed by atoms with van der Waals surface area (Å²) in [6.45, 7) is 9.50. The lowest BCUT2D eigenvalue weighted by Crippen LogP contribution is -2.66. The van der Waals surface area contributed by atoms with Gasteiger partial charge in [0.25, 0.3) is 0 Å². The van der Waals surface area contributed by atoms with Crippen LogP contribution in [0, 0.1) is 40.4 Å². The number of Topliss-reactive ketones (excluding diaryl/α,β-unsaturated/α-hetero) is 1. The van der Waals surface area contributed by atoms with Gasteiger partial charge in [-0.15, -0.1) is 0 Å². The first-order valence-electron chi connectivity index (χ1n) is 26.6. The van der Waals surface area contributed by atoms with Gasteiger partial charge in [0.2, 0.25) is 0 Å². The van der Waals surface area contributed by atoms with E-state index in [4.69, 9.17) is 42.6 Å². The molecule has 12 N–H and O–H groups in total. The number of esters is 1. The van der Waals surface area contributed by atoms with Crippen molar-refractivity contribution in [2.75, 3.05) is 19.8 Å². The van der Waals surface area contributed by atoms with Crippen LogP contribution >= 0.6 is 0 Å². The fourth-order valence-electron chi connectivity index (χ4n) is 13.9. The molecule has 3 saturated carbocycles. The molecule has 0 amide bonds. The molecule has 424 valence electrons. The minimum Gasteiger partial charge on any atom is -0.462 e. The van der Waals surface area contributed by atoms with E-state index in [2.05, 4.69) is 19.9 Å². The molecular weight excluding hydrogens is 981 g/mol. The standard InChI is InChI=1S/C51H82O23/c1-20(19-66-46-40(62)39(61)36(58)30(17-52)71-46)7-10-32(55)70-29-16-28-26-9-8-24-15-25(11-13-50(24,5)27(26)12-14-51(28,6)33(29)21(2)54)69-49-45(74-48-42(64)38(60)35(57)23(4)68-48)43(65)44(31(18-53)72-49)73-47-41(63)37(59)34(56)22(3)67-47/h8,20,22-23,25-31,33-49,52-53,56-65H,7,9-19H2,1-6H3/t20-,22+,23+,25+,26-,27+,28+,29+,30-,31-,33+,34+,35+,36-,37-,38-,39+,40-,41-,42-,43+,44-,45-,46-,47+,48+,49-,50+,51+/m1/s1. The number of ether oxygens (including phenoxy) is 9. The topological polar surface area (TPSA) is 360 Å². The van der Waals surface area contributed by atoms with Gasteiger partial charge in [0.05, 0.1) is 44.1 Å². The molecule has 29 atom stereocenters. The summed E-state index contributed by atoms with van der Waals surface area (Å²) < 4.78 is 53.8. The Hall–Kier alpha value is -1.92. The summed E-state index contributed by atoms with van der Waals surface area (Å²) in [5, 5.41) is 126. The molecule has 0 aromatic rings. The average molecular weight is 1060 g/mol. The van der Waals surface area contributed by atoms with E-state index in [1.807, 2.05) is 6.92 Å². The Bertz CT molecular complexity index is 1940. The van der Waals surface area contributed by atoms with Gasteiger partial charge in [-0.1, -0.05) is 32.4 Å². The SMILES string of the molecule is CC(=O)[C@H]1[C@@H](OC(=O)CC[C@@H](C)CO[C@@H]2O[C@H](CO)[C@@H](O)[C@H](O)[C@H]2O)C[C@H]2[C@@H]3CC=C4C[C@@H](O[C@@H]5O[C@H](CO)[C@@H](O[C@@H]6O[C@@H](C)[C@H](O)[C@@H](O)[C@H]6O)[C@H](O)[C@H]5O[C@@H]5O[C@@H](C)[C@H](O)[C@@H](O)[C@H]5O)CC[C@]4(C)[C@H]3CC[C@@]21C. The van der Waals surface area contributed by atoms with Crippen LogP contribution in [0.25, 0.3) is 0 Å². The highest BCUT2D eigenvalue weighted by atomic mass is 16.8. The van der Waals surface area contributed by atoms with E-state index < -0.39 is 166 Å². The molecule has 0 aromatic heterocycles. The lowest BCUT2D eigenvalue weighted by Gasteiger charge is -2.58. The Balaban J connectivity index is 0.923. The van der Waals surface area contributed by atoms with E-state index in [9.17, 15) is 70.9 Å². The van der Waals surface area contributed by atoms with E-state index >= 15 is 0 Å². The number of rotatable bonds is 16. The fraction of sp³-hybridized carbons (Fsp3) is 0.922. The van der Waals surface area contributed by atoms with Crippen molar-refractivity contribution in [3.8, 4) is 0 Å². The second-order valence-corrected chi connectivity index (χ2v) is 23.1. The molecule has 23 nitrogen and oxygen atoms in total. The molecule has 7 fully saturated rings. The number of hydrogen-bond acceptors (Lipinski definition) is 23. The third kappa shape index (κ3) is 11.2. The number of fused-ring (bicyclic) bond motifs is 5. The van der Waals surface area contributed by atoms with E-state index in [-0.39, 0.29) is 47.9 Å². The van der Waals surface area contributed by atoms with Gasteiger partial charge in [0, 0.05) is 6.42 Å². The molecule has 8 aliphatic rings. The molecule has 0 unspecified atom stereocenters. The van der Waals surface area contributed by atoms with Gasteiger partial charge in [-0.25, -0.2) is 0 Å². The predicted molar refractivity (Wildman–Crippen MR) is 250 cm³/mol. The molecular formula is C51H82O23. The monoisotopic (exact) mass is 1060 g/mol. The number of hydrogen-bond donors (Lipinski definition) is 12. The molecule has 0 bridgehead atoms. The molecule has 4 heterocycles. The van der Waals surface area contributed by atoms with Crippen molar-refractivity contribution < 1.29 is 113 Å². The third-order valence-electron chi connectivity index (χ3n) is 18.3. The summed E-state index contributed by atoms with van der Waals surface area (Å²) in [5.74, 6) is -0.639. The van der Waals surface area contributed by atoms with Crippen LogP contribution in [0.2, 0.25) is 0 Å². The summed E-state index contributed by atoms with van der Waals surface area (Å²) in [4.78, 5) is 27.0. The summed E-state index contributed by atoms with van der Waals surface area (Å²) in [6, 6.07) is 0. The third-order valence-corrected chi connectivity index (χ3v) is 18.3. The number of carbonyl (C=O) groups excluding carboxylic acids is 2. The van der Waals surface area contributed by atoms with E-state index in [1.54, 1.807) is 6.92 Å². The average Bonchev–Trinajstić information content (AvgIpc) is 3.67. The van der Waals surface area contributed by atoms with Crippen molar-refractivity contribution in [2.45, 2.75) is 234 Å².